The smallest absolute Gasteiger partial charge is 0.407 e. The van der Waals surface area contributed by atoms with E-state index in [0.717, 1.165) is 43.8 Å². The molecule has 3 rings (SSSR count). The van der Waals surface area contributed by atoms with Gasteiger partial charge in [0.25, 0.3) is 5.91 Å². The van der Waals surface area contributed by atoms with Gasteiger partial charge in [-0.3, -0.25) is 9.69 Å². The predicted octanol–water partition coefficient (Wildman–Crippen LogP) is 2.34. The molecule has 1 fully saturated rings. The Morgan fingerprint density at radius 1 is 1.37 bits per heavy atom. The van der Waals surface area contributed by atoms with E-state index in [2.05, 4.69) is 25.4 Å². The highest BCUT2D eigenvalue weighted by Crippen LogP contribution is 2.25. The van der Waals surface area contributed by atoms with Gasteiger partial charge in [-0.2, -0.15) is 0 Å². The Labute approximate surface area is 161 Å². The van der Waals surface area contributed by atoms with E-state index in [-0.39, 0.29) is 18.0 Å². The zero-order valence-electron chi connectivity index (χ0n) is 15.3. The van der Waals surface area contributed by atoms with Gasteiger partial charge in [0, 0.05) is 25.7 Å². The molecule has 3 heterocycles. The number of nitrogens with zero attached hydrogens (tertiary/aromatic N) is 2. The number of hydrogen-bond donors (Lipinski definition) is 2. The van der Waals surface area contributed by atoms with Crippen molar-refractivity contribution in [1.82, 2.24) is 20.7 Å². The number of rotatable bonds is 9. The Morgan fingerprint density at radius 3 is 2.96 bits per heavy atom. The number of nitrogens with one attached hydrogen (secondary N) is 2. The topological polar surface area (TPSA) is 96.7 Å². The van der Waals surface area contributed by atoms with E-state index >= 15 is 0 Å². The normalized spacial score (nSPS) is 14.6. The van der Waals surface area contributed by atoms with Crippen molar-refractivity contribution in [2.45, 2.75) is 25.3 Å². The van der Waals surface area contributed by atoms with Gasteiger partial charge in [0.1, 0.15) is 0 Å². The Morgan fingerprint density at radius 2 is 2.22 bits per heavy atom. The minimum atomic E-state index is -0.370. The molecule has 0 atom stereocenters. The number of amides is 2. The van der Waals surface area contributed by atoms with Crippen molar-refractivity contribution >= 4 is 23.3 Å². The molecule has 0 spiro atoms. The fourth-order valence-electron chi connectivity index (χ4n) is 2.92. The Bertz CT molecular complexity index is 740. The summed E-state index contributed by atoms with van der Waals surface area (Å²) in [4.78, 5) is 26.4. The number of carbonyl (C=O) groups excluding carboxylic acids is 2. The van der Waals surface area contributed by atoms with Crippen LogP contribution >= 0.6 is 11.3 Å². The SMILES string of the molecule is COC(=O)NC1CN(CCCCCNC(=O)c2cc(-c3cccs3)on2)C1. The van der Waals surface area contributed by atoms with Crippen molar-refractivity contribution in [3.05, 3.63) is 29.3 Å². The fourth-order valence-corrected chi connectivity index (χ4v) is 3.59. The van der Waals surface area contributed by atoms with Crippen molar-refractivity contribution in [3.63, 3.8) is 0 Å². The standard InChI is InChI=1S/C18H24N4O4S/c1-25-18(24)20-13-11-22(12-13)8-4-2-3-7-19-17(23)14-10-15(26-21-14)16-6-5-9-27-16/h5-6,9-10,13H,2-4,7-8,11-12H2,1H3,(H,19,23)(H,20,24). The van der Waals surface area contributed by atoms with E-state index in [0.29, 0.717) is 18.0 Å². The number of hydrogen-bond acceptors (Lipinski definition) is 7. The molecule has 9 heteroatoms. The molecule has 2 aromatic heterocycles. The largest absolute Gasteiger partial charge is 0.453 e. The molecule has 1 aliphatic rings. The molecule has 0 radical (unpaired) electrons. The lowest BCUT2D eigenvalue weighted by Crippen LogP contribution is -2.59. The number of thiophene rings is 1. The van der Waals surface area contributed by atoms with Crippen molar-refractivity contribution in [2.75, 3.05) is 33.3 Å². The van der Waals surface area contributed by atoms with Crippen LogP contribution in [-0.4, -0.2) is 61.4 Å². The quantitative estimate of drug-likeness (QED) is 0.636. The minimum Gasteiger partial charge on any atom is -0.453 e. The van der Waals surface area contributed by atoms with E-state index in [1.807, 2.05) is 17.5 Å². The van der Waals surface area contributed by atoms with Crippen LogP contribution in [0.2, 0.25) is 0 Å². The zero-order chi connectivity index (χ0) is 19.1. The van der Waals surface area contributed by atoms with Crippen molar-refractivity contribution in [2.24, 2.45) is 0 Å². The molecule has 27 heavy (non-hydrogen) atoms. The Kier molecular flexibility index (Phi) is 6.83. The van der Waals surface area contributed by atoms with E-state index in [1.165, 1.54) is 7.11 Å². The van der Waals surface area contributed by atoms with Crippen molar-refractivity contribution in [1.29, 1.82) is 0 Å². The number of carbonyl (C=O) groups is 2. The van der Waals surface area contributed by atoms with Crippen LogP contribution in [0.1, 0.15) is 29.8 Å². The van der Waals surface area contributed by atoms with Crippen LogP contribution in [0.4, 0.5) is 4.79 Å². The van der Waals surface area contributed by atoms with Crippen LogP contribution < -0.4 is 10.6 Å². The first-order valence-electron chi connectivity index (χ1n) is 9.01. The lowest BCUT2D eigenvalue weighted by Gasteiger charge is -2.39. The fraction of sp³-hybridized carbons (Fsp3) is 0.500. The first-order chi connectivity index (χ1) is 13.2. The van der Waals surface area contributed by atoms with Crippen LogP contribution in [0.3, 0.4) is 0 Å². The summed E-state index contributed by atoms with van der Waals surface area (Å²) in [5.74, 6) is 0.408. The monoisotopic (exact) mass is 392 g/mol. The van der Waals surface area contributed by atoms with Crippen LogP contribution in [0.25, 0.3) is 10.6 Å². The average molecular weight is 392 g/mol. The molecule has 1 aliphatic heterocycles. The second kappa shape index (κ2) is 9.52. The molecule has 0 aromatic carbocycles. The molecular weight excluding hydrogens is 368 g/mol. The second-order valence-corrected chi connectivity index (χ2v) is 7.41. The van der Waals surface area contributed by atoms with Crippen LogP contribution in [0, 0.1) is 0 Å². The maximum absolute atomic E-state index is 12.1. The van der Waals surface area contributed by atoms with E-state index in [9.17, 15) is 9.59 Å². The average Bonchev–Trinajstić information content (AvgIpc) is 3.32. The molecule has 0 aliphatic carbocycles. The molecule has 146 valence electrons. The number of methoxy groups -OCH3 is 1. The molecular formula is C18H24N4O4S. The van der Waals surface area contributed by atoms with Gasteiger partial charge in [0.2, 0.25) is 0 Å². The summed E-state index contributed by atoms with van der Waals surface area (Å²) in [5, 5.41) is 11.4. The van der Waals surface area contributed by atoms with Crippen LogP contribution in [0.5, 0.6) is 0 Å². The minimum absolute atomic E-state index is 0.193. The Balaban J connectivity index is 1.24. The number of alkyl carbamates (subject to hydrolysis) is 1. The molecule has 0 saturated carbocycles. The maximum Gasteiger partial charge on any atom is 0.407 e. The summed E-state index contributed by atoms with van der Waals surface area (Å²) in [5.41, 5.74) is 0.308. The van der Waals surface area contributed by atoms with Gasteiger partial charge in [-0.1, -0.05) is 17.6 Å². The van der Waals surface area contributed by atoms with Crippen LogP contribution in [0.15, 0.2) is 28.1 Å². The van der Waals surface area contributed by atoms with Gasteiger partial charge in [-0.25, -0.2) is 4.79 Å². The first-order valence-corrected chi connectivity index (χ1v) is 9.89. The van der Waals surface area contributed by atoms with Gasteiger partial charge in [0.05, 0.1) is 18.0 Å². The summed E-state index contributed by atoms with van der Waals surface area (Å²) in [6.07, 6.45) is 2.64. The lowest BCUT2D eigenvalue weighted by atomic mass is 10.1. The zero-order valence-corrected chi connectivity index (χ0v) is 16.1. The summed E-state index contributed by atoms with van der Waals surface area (Å²) in [6, 6.07) is 5.72. The van der Waals surface area contributed by atoms with Crippen molar-refractivity contribution < 1.29 is 18.8 Å². The molecule has 1 saturated heterocycles. The summed E-state index contributed by atoms with van der Waals surface area (Å²) in [7, 11) is 1.37. The predicted molar refractivity (Wildman–Crippen MR) is 102 cm³/mol. The van der Waals surface area contributed by atoms with Gasteiger partial charge in [0.15, 0.2) is 11.5 Å². The van der Waals surface area contributed by atoms with Crippen molar-refractivity contribution in [3.8, 4) is 10.6 Å². The number of likely N-dealkylation sites (tertiary alicyclic amines) is 1. The maximum atomic E-state index is 12.1. The molecule has 0 unspecified atom stereocenters. The van der Waals surface area contributed by atoms with E-state index in [1.54, 1.807) is 17.4 Å². The highest BCUT2D eigenvalue weighted by atomic mass is 32.1. The summed E-state index contributed by atoms with van der Waals surface area (Å²) in [6.45, 7) is 3.35. The van der Waals surface area contributed by atoms with E-state index < -0.39 is 0 Å². The van der Waals surface area contributed by atoms with Gasteiger partial charge in [-0.15, -0.1) is 11.3 Å². The molecule has 2 N–H and O–H groups in total. The van der Waals surface area contributed by atoms with Gasteiger partial charge >= 0.3 is 6.09 Å². The molecule has 0 bridgehead atoms. The number of aromatic nitrogens is 1. The second-order valence-electron chi connectivity index (χ2n) is 6.46. The van der Waals surface area contributed by atoms with Gasteiger partial charge < -0.3 is 19.9 Å². The molecule has 8 nitrogen and oxygen atoms in total. The highest BCUT2D eigenvalue weighted by Gasteiger charge is 2.27. The third-order valence-electron chi connectivity index (χ3n) is 4.41. The lowest BCUT2D eigenvalue weighted by molar-refractivity contribution is 0.0941. The third-order valence-corrected chi connectivity index (χ3v) is 5.29. The van der Waals surface area contributed by atoms with E-state index in [4.69, 9.17) is 4.52 Å². The first kappa shape index (κ1) is 19.4. The molecule has 2 aromatic rings. The third kappa shape index (κ3) is 5.54. The number of ether oxygens (including phenoxy) is 1. The highest BCUT2D eigenvalue weighted by molar-refractivity contribution is 7.13. The van der Waals surface area contributed by atoms with Crippen LogP contribution in [-0.2, 0) is 4.74 Å². The summed E-state index contributed by atoms with van der Waals surface area (Å²) < 4.78 is 9.80. The Hall–Kier alpha value is -2.39. The number of unbranched alkanes of at least 4 members (excludes halogenated alkanes) is 2. The van der Waals surface area contributed by atoms with Gasteiger partial charge in [-0.05, 0) is 30.8 Å². The summed E-state index contributed by atoms with van der Waals surface area (Å²) >= 11 is 1.54. The molecule has 2 amide bonds.